The molecule has 3 rings (SSSR count). The van der Waals surface area contributed by atoms with Crippen LogP contribution < -0.4 is 0 Å². The summed E-state index contributed by atoms with van der Waals surface area (Å²) >= 11 is 4.54. The minimum Gasteiger partial charge on any atom is -0.453 e. The molecule has 0 amide bonds. The van der Waals surface area contributed by atoms with Gasteiger partial charge in [-0.3, -0.25) is 4.79 Å². The Morgan fingerprint density at radius 1 is 1.24 bits per heavy atom. The molecule has 0 saturated heterocycles. The first-order valence-corrected chi connectivity index (χ1v) is 9.11. The molecule has 0 atom stereocenters. The molecule has 0 saturated carbocycles. The van der Waals surface area contributed by atoms with E-state index in [1.54, 1.807) is 18.3 Å². The van der Waals surface area contributed by atoms with E-state index in [4.69, 9.17) is 10.00 Å². The van der Waals surface area contributed by atoms with Gasteiger partial charge in [-0.05, 0) is 34.1 Å². The van der Waals surface area contributed by atoms with E-state index in [0.29, 0.717) is 23.4 Å². The average Bonchev–Trinajstić information content (AvgIpc) is 3.21. The van der Waals surface area contributed by atoms with Crippen molar-refractivity contribution in [3.05, 3.63) is 56.8 Å². The molecule has 0 aliphatic rings. The summed E-state index contributed by atoms with van der Waals surface area (Å²) in [6.45, 7) is 0.188. The fourth-order valence-electron chi connectivity index (χ4n) is 2.53. The van der Waals surface area contributed by atoms with Crippen LogP contribution in [-0.4, -0.2) is 22.9 Å². The minimum absolute atomic E-state index is 0.268. The second kappa shape index (κ2) is 7.64. The molecule has 5 nitrogen and oxygen atoms in total. The fraction of sp³-hybridized carbons (Fsp3) is 0.167. The summed E-state index contributed by atoms with van der Waals surface area (Å²) in [5, 5.41) is 9.57. The molecule has 25 heavy (non-hydrogen) atoms. The van der Waals surface area contributed by atoms with Gasteiger partial charge in [0.1, 0.15) is 4.88 Å². The number of ether oxygens (including phenoxy) is 1. The number of hydrogen-bond acceptors (Lipinski definition) is 5. The number of carbonyl (C=O) groups excluding carboxylic acids is 2. The van der Waals surface area contributed by atoms with Crippen molar-refractivity contribution in [2.45, 2.75) is 13.0 Å². The number of rotatable bonds is 6. The Labute approximate surface area is 156 Å². The number of Topliss-reactive ketones (excluding diaryl/α,β-unsaturated/α-hetero) is 1. The third kappa shape index (κ3) is 3.81. The van der Waals surface area contributed by atoms with Crippen LogP contribution in [0.1, 0.15) is 26.5 Å². The predicted octanol–water partition coefficient (Wildman–Crippen LogP) is 4.42. The number of hydrogen-bond donors (Lipinski definition) is 0. The van der Waals surface area contributed by atoms with Gasteiger partial charge in [-0.1, -0.05) is 18.2 Å². The topological polar surface area (TPSA) is 72.1 Å². The smallest absolute Gasteiger partial charge is 0.348 e. The molecule has 1 aromatic carbocycles. The van der Waals surface area contributed by atoms with Gasteiger partial charge in [-0.15, -0.1) is 11.3 Å². The molecule has 0 aliphatic carbocycles. The standard InChI is InChI=1S/C18H13BrN2O3S/c19-17-7-6-16(25-17)18(23)24-11-15(22)13-10-21(9-3-8-20)14-5-2-1-4-12(13)14/h1-2,4-7,10H,3,9,11H2. The van der Waals surface area contributed by atoms with E-state index in [1.807, 2.05) is 28.8 Å². The largest absolute Gasteiger partial charge is 0.453 e. The number of aryl methyl sites for hydroxylation is 1. The molecular formula is C18H13BrN2O3S. The van der Waals surface area contributed by atoms with E-state index < -0.39 is 5.97 Å². The van der Waals surface area contributed by atoms with E-state index in [1.165, 1.54) is 11.3 Å². The third-order valence-electron chi connectivity index (χ3n) is 3.66. The Kier molecular flexibility index (Phi) is 5.31. The van der Waals surface area contributed by atoms with Crippen molar-refractivity contribution in [2.24, 2.45) is 0 Å². The normalized spacial score (nSPS) is 10.6. The van der Waals surface area contributed by atoms with Crippen LogP contribution in [-0.2, 0) is 11.3 Å². The number of carbonyl (C=O) groups is 2. The van der Waals surface area contributed by atoms with Crippen LogP contribution in [0.5, 0.6) is 0 Å². The first-order chi connectivity index (χ1) is 12.1. The number of esters is 1. The van der Waals surface area contributed by atoms with Gasteiger partial charge in [0.25, 0.3) is 0 Å². The quantitative estimate of drug-likeness (QED) is 0.440. The lowest BCUT2D eigenvalue weighted by Crippen LogP contribution is -2.13. The summed E-state index contributed by atoms with van der Waals surface area (Å²) < 4.78 is 7.84. The summed E-state index contributed by atoms with van der Waals surface area (Å²) in [5.41, 5.74) is 1.38. The molecule has 7 heteroatoms. The Morgan fingerprint density at radius 2 is 2.04 bits per heavy atom. The monoisotopic (exact) mass is 416 g/mol. The highest BCUT2D eigenvalue weighted by atomic mass is 79.9. The van der Waals surface area contributed by atoms with Gasteiger partial charge in [-0.2, -0.15) is 5.26 Å². The molecule has 0 spiro atoms. The second-order valence-electron chi connectivity index (χ2n) is 5.26. The van der Waals surface area contributed by atoms with Gasteiger partial charge in [-0.25, -0.2) is 4.79 Å². The van der Waals surface area contributed by atoms with Crippen molar-refractivity contribution in [3.63, 3.8) is 0 Å². The molecule has 2 aromatic heterocycles. The number of benzene rings is 1. The van der Waals surface area contributed by atoms with Gasteiger partial charge in [0, 0.05) is 29.2 Å². The number of aromatic nitrogens is 1. The van der Waals surface area contributed by atoms with Crippen LogP contribution in [0.3, 0.4) is 0 Å². The SMILES string of the molecule is N#CCCn1cc(C(=O)COC(=O)c2ccc(Br)s2)c2ccccc21. The van der Waals surface area contributed by atoms with Crippen LogP contribution in [0, 0.1) is 11.3 Å². The molecule has 3 aromatic rings. The molecule has 0 fully saturated rings. The maximum atomic E-state index is 12.5. The van der Waals surface area contributed by atoms with E-state index in [2.05, 4.69) is 22.0 Å². The van der Waals surface area contributed by atoms with Gasteiger partial charge < -0.3 is 9.30 Å². The van der Waals surface area contributed by atoms with Gasteiger partial charge >= 0.3 is 5.97 Å². The highest BCUT2D eigenvalue weighted by Gasteiger charge is 2.18. The molecular weight excluding hydrogens is 404 g/mol. The second-order valence-corrected chi connectivity index (χ2v) is 7.73. The van der Waals surface area contributed by atoms with Crippen LogP contribution >= 0.6 is 27.3 Å². The number of ketones is 1. The molecule has 0 unspecified atom stereocenters. The maximum Gasteiger partial charge on any atom is 0.348 e. The summed E-state index contributed by atoms with van der Waals surface area (Å²) in [6, 6.07) is 13.0. The van der Waals surface area contributed by atoms with Crippen LogP contribution in [0.2, 0.25) is 0 Å². The zero-order valence-electron chi connectivity index (χ0n) is 13.1. The molecule has 0 N–H and O–H groups in total. The summed E-state index contributed by atoms with van der Waals surface area (Å²) in [7, 11) is 0. The Morgan fingerprint density at radius 3 is 2.76 bits per heavy atom. The zero-order chi connectivity index (χ0) is 17.8. The highest BCUT2D eigenvalue weighted by molar-refractivity contribution is 9.11. The number of halogens is 1. The van der Waals surface area contributed by atoms with E-state index >= 15 is 0 Å². The van der Waals surface area contributed by atoms with Crippen molar-refractivity contribution in [2.75, 3.05) is 6.61 Å². The fourth-order valence-corrected chi connectivity index (χ4v) is 3.81. The molecule has 0 aliphatic heterocycles. The van der Waals surface area contributed by atoms with E-state index in [-0.39, 0.29) is 12.4 Å². The van der Waals surface area contributed by atoms with Gasteiger partial charge in [0.15, 0.2) is 6.61 Å². The summed E-state index contributed by atoms with van der Waals surface area (Å²) in [5.74, 6) is -0.784. The molecule has 2 heterocycles. The average molecular weight is 417 g/mol. The Hall–Kier alpha value is -2.43. The van der Waals surface area contributed by atoms with Crippen LogP contribution in [0.15, 0.2) is 46.4 Å². The third-order valence-corrected chi connectivity index (χ3v) is 5.27. The number of para-hydroxylation sites is 1. The number of nitriles is 1. The van der Waals surface area contributed by atoms with Crippen molar-refractivity contribution in [1.29, 1.82) is 5.26 Å². The van der Waals surface area contributed by atoms with Crippen molar-refractivity contribution in [3.8, 4) is 6.07 Å². The number of thiophene rings is 1. The van der Waals surface area contributed by atoms with Gasteiger partial charge in [0.2, 0.25) is 5.78 Å². The lowest BCUT2D eigenvalue weighted by molar-refractivity contribution is 0.0480. The Bertz CT molecular complexity index is 984. The van der Waals surface area contributed by atoms with Crippen molar-refractivity contribution < 1.29 is 14.3 Å². The first-order valence-electron chi connectivity index (χ1n) is 7.50. The maximum absolute atomic E-state index is 12.5. The van der Waals surface area contributed by atoms with E-state index in [9.17, 15) is 9.59 Å². The Balaban J connectivity index is 1.78. The molecule has 0 radical (unpaired) electrons. The van der Waals surface area contributed by atoms with Crippen molar-refractivity contribution >= 4 is 49.9 Å². The van der Waals surface area contributed by atoms with Crippen LogP contribution in [0.4, 0.5) is 0 Å². The van der Waals surface area contributed by atoms with E-state index in [0.717, 1.165) is 14.7 Å². The number of nitrogens with zero attached hydrogens (tertiary/aromatic N) is 2. The highest BCUT2D eigenvalue weighted by Crippen LogP contribution is 2.24. The first kappa shape index (κ1) is 17.4. The lowest BCUT2D eigenvalue weighted by Gasteiger charge is -2.02. The summed E-state index contributed by atoms with van der Waals surface area (Å²) in [4.78, 5) is 24.9. The zero-order valence-corrected chi connectivity index (χ0v) is 15.5. The van der Waals surface area contributed by atoms with Crippen LogP contribution in [0.25, 0.3) is 10.9 Å². The summed E-state index contributed by atoms with van der Waals surface area (Å²) in [6.07, 6.45) is 2.08. The minimum atomic E-state index is -0.516. The number of fused-ring (bicyclic) bond motifs is 1. The lowest BCUT2D eigenvalue weighted by atomic mass is 10.1. The van der Waals surface area contributed by atoms with Gasteiger partial charge in [0.05, 0.1) is 16.3 Å². The molecule has 0 bridgehead atoms. The van der Waals surface area contributed by atoms with Crippen molar-refractivity contribution in [1.82, 2.24) is 4.57 Å². The predicted molar refractivity (Wildman–Crippen MR) is 98.8 cm³/mol. The molecule has 126 valence electrons.